The van der Waals surface area contributed by atoms with E-state index in [1.165, 1.54) is 4.90 Å². The van der Waals surface area contributed by atoms with Crippen molar-refractivity contribution in [3.63, 3.8) is 0 Å². The van der Waals surface area contributed by atoms with Crippen molar-refractivity contribution in [2.75, 3.05) is 19.8 Å². The highest BCUT2D eigenvalue weighted by molar-refractivity contribution is 6.33. The van der Waals surface area contributed by atoms with E-state index >= 15 is 0 Å². The number of hydrogen-bond donors (Lipinski definition) is 2. The maximum Gasteiger partial charge on any atom is 0.308 e. The van der Waals surface area contributed by atoms with E-state index in [2.05, 4.69) is 10.6 Å². The molecule has 35 heavy (non-hydrogen) atoms. The van der Waals surface area contributed by atoms with Crippen molar-refractivity contribution in [2.45, 2.75) is 70.7 Å². The molecule has 10 heteroatoms. The first-order chi connectivity index (χ1) is 16.7. The Balaban J connectivity index is 1.67. The molecule has 2 N–H and O–H groups in total. The molecule has 1 aromatic carbocycles. The van der Waals surface area contributed by atoms with Gasteiger partial charge >= 0.3 is 5.97 Å². The third-order valence-corrected chi connectivity index (χ3v) is 6.58. The van der Waals surface area contributed by atoms with Crippen molar-refractivity contribution in [2.24, 2.45) is 5.92 Å². The van der Waals surface area contributed by atoms with Gasteiger partial charge in [0.05, 0.1) is 29.7 Å². The van der Waals surface area contributed by atoms with Gasteiger partial charge in [-0.3, -0.25) is 19.2 Å². The number of nitrogens with zero attached hydrogens (tertiary/aromatic N) is 1. The molecule has 0 bridgehead atoms. The predicted molar refractivity (Wildman–Crippen MR) is 130 cm³/mol. The van der Waals surface area contributed by atoms with Crippen LogP contribution in [0.4, 0.5) is 0 Å². The zero-order valence-electron chi connectivity index (χ0n) is 20.4. The Hall–Kier alpha value is -2.65. The first-order valence-electron chi connectivity index (χ1n) is 12.2. The fourth-order valence-corrected chi connectivity index (χ4v) is 4.61. The second-order valence-corrected chi connectivity index (χ2v) is 9.69. The molecular formula is C25H34ClN3O6. The molecule has 1 unspecified atom stereocenters. The lowest BCUT2D eigenvalue weighted by Crippen LogP contribution is -2.56. The van der Waals surface area contributed by atoms with Gasteiger partial charge in [-0.2, -0.15) is 0 Å². The maximum absolute atomic E-state index is 13.5. The van der Waals surface area contributed by atoms with E-state index in [0.717, 1.165) is 6.42 Å². The fraction of sp³-hybridized carbons (Fsp3) is 0.600. The number of benzene rings is 1. The summed E-state index contributed by atoms with van der Waals surface area (Å²) in [6.07, 6.45) is 1.51. The van der Waals surface area contributed by atoms with E-state index in [0.29, 0.717) is 31.0 Å². The summed E-state index contributed by atoms with van der Waals surface area (Å²) in [5, 5.41) is 5.98. The van der Waals surface area contributed by atoms with Crippen LogP contribution in [0.5, 0.6) is 0 Å². The van der Waals surface area contributed by atoms with Crippen LogP contribution in [0.25, 0.3) is 0 Å². The van der Waals surface area contributed by atoms with Gasteiger partial charge in [0.15, 0.2) is 0 Å². The number of halogens is 1. The first-order valence-corrected chi connectivity index (χ1v) is 12.5. The van der Waals surface area contributed by atoms with E-state index in [1.54, 1.807) is 24.3 Å². The molecule has 192 valence electrons. The highest BCUT2D eigenvalue weighted by Crippen LogP contribution is 2.23. The third-order valence-electron chi connectivity index (χ3n) is 6.25. The Morgan fingerprint density at radius 1 is 1.26 bits per heavy atom. The third kappa shape index (κ3) is 6.73. The van der Waals surface area contributed by atoms with E-state index in [-0.39, 0.29) is 42.3 Å². The number of esters is 1. The van der Waals surface area contributed by atoms with Crippen molar-refractivity contribution in [1.29, 1.82) is 0 Å². The van der Waals surface area contributed by atoms with Crippen LogP contribution in [0.1, 0.15) is 56.8 Å². The maximum atomic E-state index is 13.5. The largest absolute Gasteiger partial charge is 0.458 e. The average molecular weight is 508 g/mol. The van der Waals surface area contributed by atoms with Gasteiger partial charge in [0, 0.05) is 13.2 Å². The van der Waals surface area contributed by atoms with E-state index in [9.17, 15) is 19.2 Å². The second-order valence-electron chi connectivity index (χ2n) is 9.29. The number of ether oxygens (including phenoxy) is 2. The van der Waals surface area contributed by atoms with E-state index < -0.39 is 30.1 Å². The number of likely N-dealkylation sites (tertiary alicyclic amines) is 1. The van der Waals surface area contributed by atoms with Crippen molar-refractivity contribution in [3.05, 3.63) is 34.9 Å². The Kier molecular flexibility index (Phi) is 9.51. The second kappa shape index (κ2) is 12.4. The monoisotopic (exact) mass is 507 g/mol. The highest BCUT2D eigenvalue weighted by Gasteiger charge is 2.42. The molecule has 0 aliphatic carbocycles. The molecule has 2 aliphatic rings. The molecule has 1 aromatic rings. The summed E-state index contributed by atoms with van der Waals surface area (Å²) in [5.74, 6) is -1.69. The quantitative estimate of drug-likeness (QED) is 0.371. The van der Waals surface area contributed by atoms with Gasteiger partial charge in [-0.25, -0.2) is 0 Å². The van der Waals surface area contributed by atoms with Crippen LogP contribution in [-0.4, -0.2) is 72.6 Å². The lowest BCUT2D eigenvalue weighted by atomic mass is 10.0. The number of cyclic esters (lactones) is 1. The Morgan fingerprint density at radius 2 is 2.00 bits per heavy atom. The van der Waals surface area contributed by atoms with Crippen LogP contribution in [0.3, 0.4) is 0 Å². The molecule has 2 fully saturated rings. The van der Waals surface area contributed by atoms with Crippen molar-refractivity contribution in [1.82, 2.24) is 15.5 Å². The topological polar surface area (TPSA) is 114 Å². The highest BCUT2D eigenvalue weighted by atomic mass is 35.5. The molecule has 3 amide bonds. The number of hydrogen-bond acceptors (Lipinski definition) is 6. The molecule has 0 radical (unpaired) electrons. The van der Waals surface area contributed by atoms with Gasteiger partial charge in [-0.1, -0.05) is 44.5 Å². The molecule has 0 saturated carbocycles. The van der Waals surface area contributed by atoms with Crippen molar-refractivity contribution in [3.8, 4) is 0 Å². The summed E-state index contributed by atoms with van der Waals surface area (Å²) in [6, 6.07) is 4.61. The predicted octanol–water partition coefficient (Wildman–Crippen LogP) is 2.31. The zero-order chi connectivity index (χ0) is 25.5. The molecule has 9 nitrogen and oxygen atoms in total. The standard InChI is InChI=1S/C25H34ClN3O6/c1-4-12-34-14-20-18(13-21(30)35-20)27-24(32)19-10-7-11-29(19)25(33)22(15(2)3)28-23(31)16-8-5-6-9-17(16)26/h5-6,8-9,15,18-20,22H,4,7,10-14H2,1-3H3,(H,27,32)(H,28,31)/t18-,19-,20?,22-/m0/s1. The molecule has 3 rings (SSSR count). The Bertz CT molecular complexity index is 940. The number of rotatable bonds is 10. The number of carbonyl (C=O) groups excluding carboxylic acids is 4. The molecular weight excluding hydrogens is 474 g/mol. The Labute approximate surface area is 210 Å². The summed E-state index contributed by atoms with van der Waals surface area (Å²) in [4.78, 5) is 52.8. The Morgan fingerprint density at radius 3 is 2.69 bits per heavy atom. The lowest BCUT2D eigenvalue weighted by Gasteiger charge is -2.31. The van der Waals surface area contributed by atoms with Crippen molar-refractivity contribution < 1.29 is 28.7 Å². The minimum atomic E-state index is -0.821. The average Bonchev–Trinajstić information content (AvgIpc) is 3.44. The van der Waals surface area contributed by atoms with Gasteiger partial charge in [0.1, 0.15) is 18.2 Å². The van der Waals surface area contributed by atoms with Crippen LogP contribution in [0.2, 0.25) is 5.02 Å². The SMILES string of the molecule is CCCOCC1OC(=O)C[C@@H]1NC(=O)[C@@H]1CCCN1C(=O)[C@@H](NC(=O)c1ccccc1Cl)C(C)C. The molecule has 0 spiro atoms. The van der Waals surface area contributed by atoms with Gasteiger partial charge in [0.25, 0.3) is 5.91 Å². The summed E-state index contributed by atoms with van der Waals surface area (Å²) < 4.78 is 10.8. The molecule has 2 aliphatic heterocycles. The molecule has 4 atom stereocenters. The zero-order valence-corrected chi connectivity index (χ0v) is 21.2. The summed E-state index contributed by atoms with van der Waals surface area (Å²) >= 11 is 6.14. The van der Waals surface area contributed by atoms with E-state index in [4.69, 9.17) is 21.1 Å². The van der Waals surface area contributed by atoms with Crippen LogP contribution < -0.4 is 10.6 Å². The normalized spacial score (nSPS) is 22.7. The summed E-state index contributed by atoms with van der Waals surface area (Å²) in [6.45, 7) is 6.81. The van der Waals surface area contributed by atoms with Crippen LogP contribution in [0, 0.1) is 5.92 Å². The number of nitrogens with one attached hydrogen (secondary N) is 2. The molecule has 2 saturated heterocycles. The van der Waals surface area contributed by atoms with Gasteiger partial charge in [-0.05, 0) is 37.3 Å². The van der Waals surface area contributed by atoms with Gasteiger partial charge in [-0.15, -0.1) is 0 Å². The lowest BCUT2D eigenvalue weighted by molar-refractivity contribution is -0.144. The minimum Gasteiger partial charge on any atom is -0.458 e. The van der Waals surface area contributed by atoms with Crippen LogP contribution in [-0.2, 0) is 23.9 Å². The van der Waals surface area contributed by atoms with Crippen LogP contribution in [0.15, 0.2) is 24.3 Å². The molecule has 2 heterocycles. The van der Waals surface area contributed by atoms with Gasteiger partial charge in [0.2, 0.25) is 11.8 Å². The summed E-state index contributed by atoms with van der Waals surface area (Å²) in [7, 11) is 0. The molecule has 0 aromatic heterocycles. The minimum absolute atomic E-state index is 0.0646. The van der Waals surface area contributed by atoms with Crippen LogP contribution >= 0.6 is 11.6 Å². The smallest absolute Gasteiger partial charge is 0.308 e. The fourth-order valence-electron chi connectivity index (χ4n) is 4.39. The van der Waals surface area contributed by atoms with Crippen molar-refractivity contribution >= 4 is 35.3 Å². The van der Waals surface area contributed by atoms with Gasteiger partial charge < -0.3 is 25.0 Å². The summed E-state index contributed by atoms with van der Waals surface area (Å²) in [5.41, 5.74) is 0.283. The first kappa shape index (κ1) is 26.9. The van der Waals surface area contributed by atoms with E-state index in [1.807, 2.05) is 20.8 Å². The number of amides is 3. The number of carbonyl (C=O) groups is 4.